The standard InChI is InChI=1S/C22H26F3N5/c1-2-3-4-7-18-16-30-20(26-18)9-10-21(27-30)29-13-11-28(12-14-29)19-8-5-6-17(15-19)22(23,24)25/h5-6,8-10,15-16H,2-4,7,11-14H2,1H3. The summed E-state index contributed by atoms with van der Waals surface area (Å²) in [5, 5.41) is 4.70. The van der Waals surface area contributed by atoms with Crippen molar-refractivity contribution in [3.05, 3.63) is 53.9 Å². The molecule has 1 aliphatic rings. The van der Waals surface area contributed by atoms with Crippen molar-refractivity contribution in [2.45, 2.75) is 38.8 Å². The van der Waals surface area contributed by atoms with Gasteiger partial charge in [0.2, 0.25) is 0 Å². The smallest absolute Gasteiger partial charge is 0.368 e. The molecule has 0 amide bonds. The molecule has 4 rings (SSSR count). The molecule has 0 aliphatic carbocycles. The second-order valence-corrected chi connectivity index (χ2v) is 7.71. The fraction of sp³-hybridized carbons (Fsp3) is 0.455. The number of piperazine rings is 1. The molecule has 0 N–H and O–H groups in total. The first-order chi connectivity index (χ1) is 14.4. The van der Waals surface area contributed by atoms with Gasteiger partial charge in [0.25, 0.3) is 0 Å². The number of rotatable bonds is 6. The van der Waals surface area contributed by atoms with Crippen molar-refractivity contribution < 1.29 is 13.2 Å². The molecule has 1 aromatic carbocycles. The van der Waals surface area contributed by atoms with E-state index in [1.54, 1.807) is 6.07 Å². The molecule has 0 unspecified atom stereocenters. The van der Waals surface area contributed by atoms with Gasteiger partial charge in [-0.25, -0.2) is 9.50 Å². The molecule has 3 heterocycles. The lowest BCUT2D eigenvalue weighted by Gasteiger charge is -2.36. The Hall–Kier alpha value is -2.77. The fourth-order valence-corrected chi connectivity index (χ4v) is 3.84. The normalized spacial score (nSPS) is 15.2. The summed E-state index contributed by atoms with van der Waals surface area (Å²) in [6.45, 7) is 4.88. The van der Waals surface area contributed by atoms with Crippen LogP contribution in [0.2, 0.25) is 0 Å². The van der Waals surface area contributed by atoms with Gasteiger partial charge in [0, 0.05) is 31.9 Å². The van der Waals surface area contributed by atoms with Crippen LogP contribution in [0.3, 0.4) is 0 Å². The number of aromatic nitrogens is 3. The second kappa shape index (κ2) is 8.53. The Kier molecular flexibility index (Phi) is 5.83. The van der Waals surface area contributed by atoms with E-state index in [2.05, 4.69) is 16.8 Å². The Morgan fingerprint density at radius 1 is 0.967 bits per heavy atom. The predicted octanol–water partition coefficient (Wildman–Crippen LogP) is 4.81. The van der Waals surface area contributed by atoms with Gasteiger partial charge in [0.1, 0.15) is 5.82 Å². The van der Waals surface area contributed by atoms with Crippen LogP contribution in [0.15, 0.2) is 42.6 Å². The maximum Gasteiger partial charge on any atom is 0.416 e. The van der Waals surface area contributed by atoms with E-state index in [-0.39, 0.29) is 0 Å². The number of halogens is 3. The highest BCUT2D eigenvalue weighted by Crippen LogP contribution is 2.32. The minimum Gasteiger partial charge on any atom is -0.368 e. The van der Waals surface area contributed by atoms with Gasteiger partial charge in [-0.05, 0) is 43.2 Å². The number of nitrogens with zero attached hydrogens (tertiary/aromatic N) is 5. The highest BCUT2D eigenvalue weighted by molar-refractivity contribution is 5.52. The largest absolute Gasteiger partial charge is 0.416 e. The summed E-state index contributed by atoms with van der Waals surface area (Å²) in [6.07, 6.45) is 2.14. The summed E-state index contributed by atoms with van der Waals surface area (Å²) in [5.41, 5.74) is 1.90. The molecule has 5 nitrogen and oxygen atoms in total. The SMILES string of the molecule is CCCCCc1cn2nc(N3CCN(c4cccc(C(F)(F)F)c4)CC3)ccc2n1. The number of benzene rings is 1. The molecule has 0 saturated carbocycles. The van der Waals surface area contributed by atoms with Crippen molar-refractivity contribution in [2.24, 2.45) is 0 Å². The third-order valence-corrected chi connectivity index (χ3v) is 5.53. The summed E-state index contributed by atoms with van der Waals surface area (Å²) in [6, 6.07) is 9.49. The molecular formula is C22H26F3N5. The van der Waals surface area contributed by atoms with Gasteiger partial charge in [-0.15, -0.1) is 5.10 Å². The third kappa shape index (κ3) is 4.52. The van der Waals surface area contributed by atoms with Crippen LogP contribution in [0.4, 0.5) is 24.7 Å². The van der Waals surface area contributed by atoms with Crippen LogP contribution in [0.5, 0.6) is 0 Å². The lowest BCUT2D eigenvalue weighted by molar-refractivity contribution is -0.137. The average molecular weight is 417 g/mol. The van der Waals surface area contributed by atoms with Crippen molar-refractivity contribution in [1.29, 1.82) is 0 Å². The highest BCUT2D eigenvalue weighted by Gasteiger charge is 2.31. The van der Waals surface area contributed by atoms with Gasteiger partial charge >= 0.3 is 6.18 Å². The summed E-state index contributed by atoms with van der Waals surface area (Å²) in [7, 11) is 0. The topological polar surface area (TPSA) is 36.7 Å². The van der Waals surface area contributed by atoms with E-state index in [1.807, 2.05) is 27.7 Å². The van der Waals surface area contributed by atoms with Crippen LogP contribution in [-0.4, -0.2) is 40.8 Å². The Balaban J connectivity index is 1.42. The summed E-state index contributed by atoms with van der Waals surface area (Å²) in [4.78, 5) is 8.79. The maximum absolute atomic E-state index is 13.0. The van der Waals surface area contributed by atoms with Gasteiger partial charge in [-0.1, -0.05) is 25.8 Å². The molecule has 1 saturated heterocycles. The molecule has 2 aromatic heterocycles. The zero-order chi connectivity index (χ0) is 21.1. The Morgan fingerprint density at radius 3 is 2.47 bits per heavy atom. The van der Waals surface area contributed by atoms with E-state index in [0.717, 1.165) is 36.1 Å². The minimum atomic E-state index is -4.32. The van der Waals surface area contributed by atoms with Crippen molar-refractivity contribution in [3.8, 4) is 0 Å². The van der Waals surface area contributed by atoms with Gasteiger partial charge in [-0.3, -0.25) is 0 Å². The van der Waals surface area contributed by atoms with Crippen LogP contribution in [0, 0.1) is 0 Å². The van der Waals surface area contributed by atoms with Crippen molar-refractivity contribution in [1.82, 2.24) is 14.6 Å². The molecule has 8 heteroatoms. The Bertz CT molecular complexity index is 990. The molecule has 0 bridgehead atoms. The molecule has 3 aromatic rings. The first kappa shape index (κ1) is 20.5. The van der Waals surface area contributed by atoms with Crippen molar-refractivity contribution in [2.75, 3.05) is 36.0 Å². The Morgan fingerprint density at radius 2 is 1.73 bits per heavy atom. The van der Waals surface area contributed by atoms with Gasteiger partial charge in [0.05, 0.1) is 17.5 Å². The average Bonchev–Trinajstić information content (AvgIpc) is 3.15. The van der Waals surface area contributed by atoms with Gasteiger partial charge in [-0.2, -0.15) is 13.2 Å². The first-order valence-corrected chi connectivity index (χ1v) is 10.5. The van der Waals surface area contributed by atoms with E-state index >= 15 is 0 Å². The monoisotopic (exact) mass is 417 g/mol. The molecule has 160 valence electrons. The molecule has 0 radical (unpaired) electrons. The van der Waals surface area contributed by atoms with E-state index in [9.17, 15) is 13.2 Å². The Labute approximate surface area is 174 Å². The molecule has 0 atom stereocenters. The lowest BCUT2D eigenvalue weighted by Crippen LogP contribution is -2.47. The number of hydrogen-bond acceptors (Lipinski definition) is 4. The second-order valence-electron chi connectivity index (χ2n) is 7.71. The predicted molar refractivity (Wildman–Crippen MR) is 112 cm³/mol. The minimum absolute atomic E-state index is 0.607. The number of hydrogen-bond donors (Lipinski definition) is 0. The van der Waals surface area contributed by atoms with Crippen LogP contribution in [-0.2, 0) is 12.6 Å². The molecule has 1 aliphatic heterocycles. The summed E-state index contributed by atoms with van der Waals surface area (Å²) >= 11 is 0. The molecule has 30 heavy (non-hydrogen) atoms. The zero-order valence-corrected chi connectivity index (χ0v) is 17.1. The van der Waals surface area contributed by atoms with Crippen LogP contribution in [0.25, 0.3) is 5.65 Å². The van der Waals surface area contributed by atoms with Gasteiger partial charge < -0.3 is 9.80 Å². The molecular weight excluding hydrogens is 391 g/mol. The summed E-state index contributed by atoms with van der Waals surface area (Å²) in [5.74, 6) is 0.865. The zero-order valence-electron chi connectivity index (χ0n) is 17.1. The number of aryl methyl sites for hydroxylation is 1. The summed E-state index contributed by atoms with van der Waals surface area (Å²) < 4.78 is 40.8. The fourth-order valence-electron chi connectivity index (χ4n) is 3.84. The highest BCUT2D eigenvalue weighted by atomic mass is 19.4. The van der Waals surface area contributed by atoms with Crippen molar-refractivity contribution >= 4 is 17.2 Å². The number of imidazole rings is 1. The number of unbranched alkanes of at least 4 members (excludes halogenated alkanes) is 2. The van der Waals surface area contributed by atoms with Crippen LogP contribution < -0.4 is 9.80 Å². The maximum atomic E-state index is 13.0. The number of alkyl halides is 3. The molecule has 0 spiro atoms. The first-order valence-electron chi connectivity index (χ1n) is 10.5. The third-order valence-electron chi connectivity index (χ3n) is 5.53. The van der Waals surface area contributed by atoms with Crippen molar-refractivity contribution in [3.63, 3.8) is 0 Å². The van der Waals surface area contributed by atoms with E-state index in [4.69, 9.17) is 5.10 Å². The van der Waals surface area contributed by atoms with Gasteiger partial charge in [0.15, 0.2) is 5.65 Å². The molecule has 1 fully saturated rings. The number of fused-ring (bicyclic) bond motifs is 1. The van der Waals surface area contributed by atoms with E-state index < -0.39 is 11.7 Å². The quantitative estimate of drug-likeness (QED) is 0.540. The number of anilines is 2. The van der Waals surface area contributed by atoms with E-state index in [0.29, 0.717) is 31.9 Å². The van der Waals surface area contributed by atoms with Crippen LogP contribution >= 0.6 is 0 Å². The van der Waals surface area contributed by atoms with E-state index in [1.165, 1.54) is 25.0 Å². The lowest BCUT2D eigenvalue weighted by atomic mass is 10.1. The van der Waals surface area contributed by atoms with Crippen LogP contribution in [0.1, 0.15) is 37.4 Å².